The maximum absolute atomic E-state index is 13.1. The number of pyridine rings is 1. The molecule has 27 heavy (non-hydrogen) atoms. The van der Waals surface area contributed by atoms with Gasteiger partial charge in [-0.3, -0.25) is 14.6 Å². The first-order chi connectivity index (χ1) is 12.7. The molecule has 2 aliphatic rings. The normalized spacial score (nSPS) is 21.8. The van der Waals surface area contributed by atoms with Gasteiger partial charge in [-0.15, -0.1) is 0 Å². The van der Waals surface area contributed by atoms with E-state index in [1.54, 1.807) is 6.08 Å². The number of carbonyl (C=O) groups is 2. The number of hydrogen-bond donors (Lipinski definition) is 2. The number of fused-ring (bicyclic) bond motifs is 1. The van der Waals surface area contributed by atoms with E-state index in [4.69, 9.17) is 34.0 Å². The first-order valence-corrected chi connectivity index (χ1v) is 9.48. The van der Waals surface area contributed by atoms with Crippen molar-refractivity contribution in [2.45, 2.75) is 39.3 Å². The molecule has 2 unspecified atom stereocenters. The van der Waals surface area contributed by atoms with Gasteiger partial charge in [0, 0.05) is 34.8 Å². The molecule has 2 atom stereocenters. The van der Waals surface area contributed by atoms with Gasteiger partial charge in [0.15, 0.2) is 0 Å². The lowest BCUT2D eigenvalue weighted by Gasteiger charge is -2.29. The molecular weight excluding hydrogens is 389 g/mol. The largest absolute Gasteiger partial charge is 0.481 e. The molecule has 3 N–H and O–H groups in total. The molecule has 0 aromatic carbocycles. The molecule has 1 amide bonds. The van der Waals surface area contributed by atoms with Crippen LogP contribution in [0.3, 0.4) is 0 Å². The van der Waals surface area contributed by atoms with Crippen molar-refractivity contribution in [2.24, 2.45) is 11.7 Å². The van der Waals surface area contributed by atoms with Crippen LogP contribution in [0.4, 0.5) is 0 Å². The predicted molar refractivity (Wildman–Crippen MR) is 104 cm³/mol. The Morgan fingerprint density at radius 1 is 1.44 bits per heavy atom. The van der Waals surface area contributed by atoms with Crippen LogP contribution in [0.15, 0.2) is 22.2 Å². The Kier molecular flexibility index (Phi) is 5.60. The zero-order chi connectivity index (χ0) is 19.9. The average Bonchev–Trinajstić information content (AvgIpc) is 2.87. The Hall–Kier alpha value is -1.89. The monoisotopic (exact) mass is 409 g/mol. The average molecular weight is 410 g/mol. The van der Waals surface area contributed by atoms with Gasteiger partial charge < -0.3 is 15.7 Å². The Morgan fingerprint density at radius 2 is 2.15 bits per heavy atom. The fraction of sp³-hybridized carbons (Fsp3) is 0.421. The number of aryl methyl sites for hydroxylation is 1. The number of aliphatic carboxylic acids is 1. The number of aromatic nitrogens is 1. The number of carboxylic acids is 1. The van der Waals surface area contributed by atoms with E-state index in [0.717, 1.165) is 16.8 Å². The highest BCUT2D eigenvalue weighted by Crippen LogP contribution is 2.45. The van der Waals surface area contributed by atoms with Crippen molar-refractivity contribution in [3.63, 3.8) is 0 Å². The minimum atomic E-state index is -0.947. The van der Waals surface area contributed by atoms with Crippen molar-refractivity contribution in [1.29, 1.82) is 0 Å². The molecular formula is C19H21Cl2N3O3. The lowest BCUT2D eigenvalue weighted by atomic mass is 9.79. The van der Waals surface area contributed by atoms with Crippen molar-refractivity contribution < 1.29 is 14.7 Å². The summed E-state index contributed by atoms with van der Waals surface area (Å²) in [6.45, 7) is 4.52. The van der Waals surface area contributed by atoms with Gasteiger partial charge in [-0.05, 0) is 30.0 Å². The van der Waals surface area contributed by atoms with E-state index in [0.29, 0.717) is 27.9 Å². The number of rotatable bonds is 5. The molecule has 0 spiro atoms. The molecule has 144 valence electrons. The van der Waals surface area contributed by atoms with Crippen molar-refractivity contribution in [3.05, 3.63) is 50.3 Å². The summed E-state index contributed by atoms with van der Waals surface area (Å²) in [6.07, 6.45) is 3.48. The minimum Gasteiger partial charge on any atom is -0.481 e. The fourth-order valence-corrected chi connectivity index (χ4v) is 4.67. The maximum atomic E-state index is 13.1. The van der Waals surface area contributed by atoms with Crippen LogP contribution in [0.25, 0.3) is 0 Å². The second kappa shape index (κ2) is 7.62. The molecule has 1 aromatic rings. The van der Waals surface area contributed by atoms with Crippen LogP contribution in [-0.2, 0) is 17.9 Å². The molecule has 1 aliphatic carbocycles. The molecule has 1 aromatic heterocycles. The smallest absolute Gasteiger partial charge is 0.305 e. The SMILES string of the molecule is Cc1nc2c(c(C3C(Cl)=CC(Cl)=CC3C)c1CN)C(=O)N(CCC(=O)O)C2. The number of halogens is 2. The first-order valence-electron chi connectivity index (χ1n) is 8.72. The van der Waals surface area contributed by atoms with Crippen molar-refractivity contribution in [3.8, 4) is 0 Å². The van der Waals surface area contributed by atoms with Gasteiger partial charge in [0.05, 0.1) is 24.2 Å². The van der Waals surface area contributed by atoms with Crippen molar-refractivity contribution >= 4 is 35.1 Å². The molecule has 0 radical (unpaired) electrons. The molecule has 6 nitrogen and oxygen atoms in total. The highest BCUT2D eigenvalue weighted by Gasteiger charge is 2.38. The second-order valence-corrected chi connectivity index (χ2v) is 7.78. The Labute approximate surface area is 167 Å². The van der Waals surface area contributed by atoms with Crippen LogP contribution in [0.2, 0.25) is 0 Å². The number of carbonyl (C=O) groups excluding carboxylic acids is 1. The summed E-state index contributed by atoms with van der Waals surface area (Å²) in [5, 5.41) is 10.1. The fourth-order valence-electron chi connectivity index (χ4n) is 3.87. The van der Waals surface area contributed by atoms with E-state index in [1.807, 2.05) is 19.9 Å². The molecule has 2 heterocycles. The number of amides is 1. The molecule has 3 rings (SSSR count). The predicted octanol–water partition coefficient (Wildman–Crippen LogP) is 3.26. The van der Waals surface area contributed by atoms with Crippen LogP contribution in [-0.4, -0.2) is 33.4 Å². The van der Waals surface area contributed by atoms with E-state index in [1.165, 1.54) is 4.90 Å². The second-order valence-electron chi connectivity index (χ2n) is 6.90. The molecule has 1 aliphatic heterocycles. The number of nitrogens with zero attached hydrogens (tertiary/aromatic N) is 2. The maximum Gasteiger partial charge on any atom is 0.305 e. The van der Waals surface area contributed by atoms with Gasteiger partial charge in [0.25, 0.3) is 5.91 Å². The Balaban J connectivity index is 2.12. The number of nitrogens with two attached hydrogens (primary N) is 1. The first kappa shape index (κ1) is 19.9. The summed E-state index contributed by atoms with van der Waals surface area (Å²) >= 11 is 12.7. The molecule has 0 saturated carbocycles. The highest BCUT2D eigenvalue weighted by molar-refractivity contribution is 6.35. The third-order valence-electron chi connectivity index (χ3n) is 5.10. The van der Waals surface area contributed by atoms with E-state index in [-0.39, 0.29) is 37.3 Å². The summed E-state index contributed by atoms with van der Waals surface area (Å²) in [5.41, 5.74) is 9.50. The van der Waals surface area contributed by atoms with Crippen LogP contribution in [0, 0.1) is 12.8 Å². The summed E-state index contributed by atoms with van der Waals surface area (Å²) < 4.78 is 0. The third kappa shape index (κ3) is 3.61. The molecule has 0 bridgehead atoms. The third-order valence-corrected chi connectivity index (χ3v) is 5.67. The van der Waals surface area contributed by atoms with Gasteiger partial charge in [0.1, 0.15) is 0 Å². The zero-order valence-electron chi connectivity index (χ0n) is 15.1. The molecule has 0 saturated heterocycles. The van der Waals surface area contributed by atoms with Crippen LogP contribution in [0.1, 0.15) is 52.1 Å². The van der Waals surface area contributed by atoms with Gasteiger partial charge in [-0.25, -0.2) is 0 Å². The lowest BCUT2D eigenvalue weighted by Crippen LogP contribution is -2.28. The Bertz CT molecular complexity index is 879. The van der Waals surface area contributed by atoms with Crippen molar-refractivity contribution in [1.82, 2.24) is 9.88 Å². The van der Waals surface area contributed by atoms with E-state index in [2.05, 4.69) is 4.98 Å². The lowest BCUT2D eigenvalue weighted by molar-refractivity contribution is -0.137. The van der Waals surface area contributed by atoms with E-state index < -0.39 is 5.97 Å². The summed E-state index contributed by atoms with van der Waals surface area (Å²) in [5.74, 6) is -1.43. The van der Waals surface area contributed by atoms with Crippen LogP contribution >= 0.6 is 23.2 Å². The number of allylic oxidation sites excluding steroid dienone is 4. The zero-order valence-corrected chi connectivity index (χ0v) is 16.6. The molecule has 8 heteroatoms. The van der Waals surface area contributed by atoms with Gasteiger partial charge in [-0.2, -0.15) is 0 Å². The summed E-state index contributed by atoms with van der Waals surface area (Å²) in [4.78, 5) is 30.1. The minimum absolute atomic E-state index is 0.0212. The van der Waals surface area contributed by atoms with E-state index >= 15 is 0 Å². The Morgan fingerprint density at radius 3 is 2.74 bits per heavy atom. The van der Waals surface area contributed by atoms with E-state index in [9.17, 15) is 9.59 Å². The number of hydrogen-bond acceptors (Lipinski definition) is 4. The van der Waals surface area contributed by atoms with Crippen LogP contribution in [0.5, 0.6) is 0 Å². The quantitative estimate of drug-likeness (QED) is 0.777. The summed E-state index contributed by atoms with van der Waals surface area (Å²) in [6, 6.07) is 0. The van der Waals surface area contributed by atoms with Crippen LogP contribution < -0.4 is 5.73 Å². The van der Waals surface area contributed by atoms with Crippen molar-refractivity contribution in [2.75, 3.05) is 6.54 Å². The summed E-state index contributed by atoms with van der Waals surface area (Å²) in [7, 11) is 0. The highest BCUT2D eigenvalue weighted by atomic mass is 35.5. The molecule has 0 fully saturated rings. The van der Waals surface area contributed by atoms with Gasteiger partial charge in [0.2, 0.25) is 0 Å². The standard InChI is InChI=1S/C19H21Cl2N3O3/c1-9-5-11(20)6-13(21)16(9)17-12(7-22)10(2)23-14-8-24(4-3-15(25)26)19(27)18(14)17/h5-6,9,16H,3-4,7-8,22H2,1-2H3,(H,25,26). The van der Waals surface area contributed by atoms with Gasteiger partial charge in [-0.1, -0.05) is 36.2 Å². The topological polar surface area (TPSA) is 96.5 Å². The number of carboxylic acid groups (broad SMARTS) is 1. The van der Waals surface area contributed by atoms with Gasteiger partial charge >= 0.3 is 5.97 Å².